The van der Waals surface area contributed by atoms with Gasteiger partial charge in [0, 0.05) is 38.6 Å². The molecule has 25 heavy (non-hydrogen) atoms. The molecule has 7 heteroatoms. The minimum Gasteiger partial charge on any atom is -0.366 e. The van der Waals surface area contributed by atoms with Crippen molar-refractivity contribution in [2.24, 2.45) is 0 Å². The van der Waals surface area contributed by atoms with Gasteiger partial charge < -0.3 is 9.64 Å². The van der Waals surface area contributed by atoms with E-state index in [1.165, 1.54) is 0 Å². The summed E-state index contributed by atoms with van der Waals surface area (Å²) in [6.07, 6.45) is 3.48. The second-order valence-corrected chi connectivity index (χ2v) is 6.61. The molecule has 0 spiro atoms. The predicted octanol–water partition coefficient (Wildman–Crippen LogP) is 3.25. The fourth-order valence-electron chi connectivity index (χ4n) is 2.89. The smallest absolute Gasteiger partial charge is 0.167 e. The molecule has 1 atom stereocenters. The summed E-state index contributed by atoms with van der Waals surface area (Å²) in [4.78, 5) is 19.6. The van der Waals surface area contributed by atoms with Crippen LogP contribution in [0.4, 0.5) is 5.69 Å². The number of pyridine rings is 1. The lowest BCUT2D eigenvalue weighted by Gasteiger charge is -2.38. The number of hydrogen-bond donors (Lipinski definition) is 0. The van der Waals surface area contributed by atoms with Gasteiger partial charge in [0.25, 0.3) is 0 Å². The second-order valence-electron chi connectivity index (χ2n) is 5.80. The first-order valence-electron chi connectivity index (χ1n) is 8.08. The van der Waals surface area contributed by atoms with Crippen molar-refractivity contribution in [2.75, 3.05) is 31.1 Å². The van der Waals surface area contributed by atoms with Gasteiger partial charge in [-0.3, -0.25) is 14.7 Å². The van der Waals surface area contributed by atoms with Crippen LogP contribution in [0.2, 0.25) is 10.0 Å². The molecule has 0 bridgehead atoms. The molecule has 3 rings (SSSR count). The van der Waals surface area contributed by atoms with Gasteiger partial charge in [0.1, 0.15) is 0 Å². The summed E-state index contributed by atoms with van der Waals surface area (Å²) in [6, 6.07) is 9.82. The first-order valence-corrected chi connectivity index (χ1v) is 8.83. The third-order valence-electron chi connectivity index (χ3n) is 4.20. The van der Waals surface area contributed by atoms with Crippen LogP contribution in [0.15, 0.2) is 42.7 Å². The van der Waals surface area contributed by atoms with Crippen molar-refractivity contribution < 1.29 is 9.53 Å². The lowest BCUT2D eigenvalue weighted by Crippen LogP contribution is -2.51. The molecule has 0 radical (unpaired) electrons. The van der Waals surface area contributed by atoms with Crippen molar-refractivity contribution in [3.8, 4) is 0 Å². The van der Waals surface area contributed by atoms with Crippen LogP contribution in [-0.2, 0) is 16.1 Å². The number of halogens is 2. The number of benzene rings is 1. The summed E-state index contributed by atoms with van der Waals surface area (Å²) in [6.45, 7) is 3.21. The Balaban J connectivity index is 1.58. The molecule has 0 N–H and O–H groups in total. The van der Waals surface area contributed by atoms with E-state index in [0.29, 0.717) is 42.8 Å². The Hall–Kier alpha value is -1.66. The van der Waals surface area contributed by atoms with Gasteiger partial charge in [-0.2, -0.15) is 0 Å². The number of ether oxygens (including phenoxy) is 1. The molecule has 1 aromatic carbocycles. The summed E-state index contributed by atoms with van der Waals surface area (Å²) in [5.74, 6) is 0. The molecule has 132 valence electrons. The van der Waals surface area contributed by atoms with Gasteiger partial charge in [0.15, 0.2) is 12.5 Å². The third-order valence-corrected chi connectivity index (χ3v) is 4.75. The Labute approximate surface area is 157 Å². The fraction of sp³-hybridized carbons (Fsp3) is 0.333. The molecular formula is C18H19Cl2N3O2. The summed E-state index contributed by atoms with van der Waals surface area (Å²) in [5.41, 5.74) is 1.84. The zero-order valence-corrected chi connectivity index (χ0v) is 15.2. The maximum Gasteiger partial charge on any atom is 0.167 e. The van der Waals surface area contributed by atoms with E-state index in [2.05, 4.69) is 9.88 Å². The van der Waals surface area contributed by atoms with Crippen molar-refractivity contribution in [3.63, 3.8) is 0 Å². The lowest BCUT2D eigenvalue weighted by molar-refractivity contribution is -0.133. The topological polar surface area (TPSA) is 45.7 Å². The highest BCUT2D eigenvalue weighted by Crippen LogP contribution is 2.33. The minimum atomic E-state index is -0.550. The average Bonchev–Trinajstić information content (AvgIpc) is 2.64. The van der Waals surface area contributed by atoms with Gasteiger partial charge in [-0.05, 0) is 5.56 Å². The molecule has 1 aliphatic rings. The molecule has 2 heterocycles. The van der Waals surface area contributed by atoms with Crippen LogP contribution in [0.3, 0.4) is 0 Å². The summed E-state index contributed by atoms with van der Waals surface area (Å²) in [5, 5.41) is 1.07. The van der Waals surface area contributed by atoms with Crippen molar-refractivity contribution in [1.82, 2.24) is 9.88 Å². The van der Waals surface area contributed by atoms with Crippen LogP contribution < -0.4 is 4.90 Å². The standard InChI is InChI=1S/C18H19Cl2N3O2/c19-15-10-21-11-16(20)18(15)23-8-6-22(7-9-23)17(12-24)25-13-14-4-2-1-3-5-14/h1-5,10-12,17H,6-9,13H2. The lowest BCUT2D eigenvalue weighted by atomic mass is 10.2. The fourth-order valence-corrected chi connectivity index (χ4v) is 3.50. The summed E-state index contributed by atoms with van der Waals surface area (Å²) < 4.78 is 5.78. The molecule has 1 fully saturated rings. The number of carbonyl (C=O) groups excluding carboxylic acids is 1. The number of piperazine rings is 1. The first kappa shape index (κ1) is 18.1. The van der Waals surface area contributed by atoms with E-state index in [9.17, 15) is 4.79 Å². The Morgan fingerprint density at radius 3 is 2.32 bits per heavy atom. The van der Waals surface area contributed by atoms with Crippen LogP contribution in [-0.4, -0.2) is 48.6 Å². The first-order chi connectivity index (χ1) is 12.2. The number of carbonyl (C=O) groups is 1. The Kier molecular flexibility index (Phi) is 6.26. The maximum atomic E-state index is 11.5. The van der Waals surface area contributed by atoms with Gasteiger partial charge in [-0.1, -0.05) is 53.5 Å². The van der Waals surface area contributed by atoms with E-state index in [4.69, 9.17) is 27.9 Å². The SMILES string of the molecule is O=CC(OCc1ccccc1)N1CCN(c2c(Cl)cncc2Cl)CC1. The maximum absolute atomic E-state index is 11.5. The van der Waals surface area contributed by atoms with Gasteiger partial charge in [0.05, 0.1) is 22.3 Å². The minimum absolute atomic E-state index is 0.409. The molecule has 0 amide bonds. The van der Waals surface area contributed by atoms with Crippen LogP contribution in [0.1, 0.15) is 5.56 Å². The number of nitrogens with zero attached hydrogens (tertiary/aromatic N) is 3. The normalized spacial score (nSPS) is 16.6. The zero-order chi connectivity index (χ0) is 17.6. The third kappa shape index (κ3) is 4.50. The molecule has 1 unspecified atom stereocenters. The number of aldehydes is 1. The predicted molar refractivity (Wildman–Crippen MR) is 99.1 cm³/mol. The van der Waals surface area contributed by atoms with E-state index < -0.39 is 6.23 Å². The highest BCUT2D eigenvalue weighted by Gasteiger charge is 2.26. The van der Waals surface area contributed by atoms with E-state index in [-0.39, 0.29) is 0 Å². The van der Waals surface area contributed by atoms with E-state index in [1.807, 2.05) is 35.2 Å². The molecule has 0 saturated carbocycles. The summed E-state index contributed by atoms with van der Waals surface area (Å²) in [7, 11) is 0. The van der Waals surface area contributed by atoms with Crippen LogP contribution in [0, 0.1) is 0 Å². The highest BCUT2D eigenvalue weighted by molar-refractivity contribution is 6.38. The van der Waals surface area contributed by atoms with E-state index in [1.54, 1.807) is 12.4 Å². The Morgan fingerprint density at radius 2 is 1.72 bits per heavy atom. The quantitative estimate of drug-likeness (QED) is 0.720. The molecule has 2 aromatic rings. The monoisotopic (exact) mass is 379 g/mol. The number of anilines is 1. The molecular weight excluding hydrogens is 361 g/mol. The van der Waals surface area contributed by atoms with Crippen molar-refractivity contribution in [1.29, 1.82) is 0 Å². The largest absolute Gasteiger partial charge is 0.366 e. The van der Waals surface area contributed by atoms with Crippen LogP contribution >= 0.6 is 23.2 Å². The van der Waals surface area contributed by atoms with E-state index >= 15 is 0 Å². The van der Waals surface area contributed by atoms with Crippen LogP contribution in [0.25, 0.3) is 0 Å². The van der Waals surface area contributed by atoms with E-state index in [0.717, 1.165) is 17.5 Å². The molecule has 5 nitrogen and oxygen atoms in total. The summed E-state index contributed by atoms with van der Waals surface area (Å²) >= 11 is 12.4. The van der Waals surface area contributed by atoms with Crippen molar-refractivity contribution >= 4 is 35.2 Å². The van der Waals surface area contributed by atoms with Crippen molar-refractivity contribution in [2.45, 2.75) is 12.8 Å². The molecule has 0 aliphatic carbocycles. The van der Waals surface area contributed by atoms with Gasteiger partial charge in [0.2, 0.25) is 0 Å². The number of hydrogen-bond acceptors (Lipinski definition) is 5. The molecule has 1 aromatic heterocycles. The zero-order valence-electron chi connectivity index (χ0n) is 13.6. The molecule has 1 saturated heterocycles. The van der Waals surface area contributed by atoms with Gasteiger partial charge >= 0.3 is 0 Å². The van der Waals surface area contributed by atoms with Crippen LogP contribution in [0.5, 0.6) is 0 Å². The average molecular weight is 380 g/mol. The molecule has 1 aliphatic heterocycles. The Bertz CT molecular complexity index is 686. The van der Waals surface area contributed by atoms with Gasteiger partial charge in [-0.25, -0.2) is 0 Å². The van der Waals surface area contributed by atoms with Crippen molar-refractivity contribution in [3.05, 3.63) is 58.3 Å². The number of rotatable bonds is 6. The van der Waals surface area contributed by atoms with Gasteiger partial charge in [-0.15, -0.1) is 0 Å². The number of aromatic nitrogens is 1. The highest BCUT2D eigenvalue weighted by atomic mass is 35.5. The Morgan fingerprint density at radius 1 is 1.08 bits per heavy atom. The second kappa shape index (κ2) is 8.63.